The molecule has 0 fully saturated rings. The van der Waals surface area contributed by atoms with Crippen LogP contribution in [0.5, 0.6) is 0 Å². The van der Waals surface area contributed by atoms with Crippen molar-refractivity contribution >= 4 is 23.4 Å². The van der Waals surface area contributed by atoms with Crippen LogP contribution in [-0.2, 0) is 20.0 Å². The predicted octanol–water partition coefficient (Wildman–Crippen LogP) is 1.42. The minimum atomic E-state index is -0.275. The van der Waals surface area contributed by atoms with Crippen molar-refractivity contribution in [3.63, 3.8) is 0 Å². The van der Waals surface area contributed by atoms with E-state index in [2.05, 4.69) is 15.3 Å². The maximum Gasteiger partial charge on any atom is 0.323 e. The number of hydrogen-bond acceptors (Lipinski definition) is 4. The topological polar surface area (TPSA) is 80.1 Å². The number of carbonyl (C=O) groups excluding carboxylic acids is 1. The van der Waals surface area contributed by atoms with Gasteiger partial charge in [-0.25, -0.2) is 14.8 Å². The lowest BCUT2D eigenvalue weighted by atomic mass is 10.1. The first-order valence-electron chi connectivity index (χ1n) is 6.75. The van der Waals surface area contributed by atoms with Gasteiger partial charge in [0.15, 0.2) is 0 Å². The number of urea groups is 1. The Morgan fingerprint density at radius 1 is 1.36 bits per heavy atom. The van der Waals surface area contributed by atoms with E-state index in [1.165, 1.54) is 17.1 Å². The molecule has 1 N–H and O–H groups in total. The third-order valence-corrected chi connectivity index (χ3v) is 3.76. The van der Waals surface area contributed by atoms with Crippen LogP contribution in [0.1, 0.15) is 11.3 Å². The summed E-state index contributed by atoms with van der Waals surface area (Å²) in [5, 5.41) is 3.21. The normalized spacial score (nSPS) is 13.6. The van der Waals surface area contributed by atoms with Crippen LogP contribution in [0, 0.1) is 0 Å². The lowest BCUT2D eigenvalue weighted by Crippen LogP contribution is -2.42. The molecule has 2 aromatic heterocycles. The van der Waals surface area contributed by atoms with E-state index in [4.69, 9.17) is 11.6 Å². The highest BCUT2D eigenvalue weighted by molar-refractivity contribution is 6.30. The number of rotatable bonds is 1. The molecule has 0 aliphatic carbocycles. The molecule has 0 unspecified atom stereocenters. The maximum absolute atomic E-state index is 12.2. The highest BCUT2D eigenvalue weighted by atomic mass is 35.5. The Hall–Kier alpha value is -2.41. The zero-order valence-corrected chi connectivity index (χ0v) is 12.7. The largest absolute Gasteiger partial charge is 0.323 e. The predicted molar refractivity (Wildman–Crippen MR) is 81.9 cm³/mol. The van der Waals surface area contributed by atoms with Crippen LogP contribution in [0.25, 0.3) is 0 Å². The molecule has 0 saturated carbocycles. The van der Waals surface area contributed by atoms with Crippen molar-refractivity contribution in [2.24, 2.45) is 7.05 Å². The van der Waals surface area contributed by atoms with Crippen LogP contribution < -0.4 is 10.9 Å². The van der Waals surface area contributed by atoms with Gasteiger partial charge in [-0.3, -0.25) is 10.1 Å². The Balaban J connectivity index is 1.74. The van der Waals surface area contributed by atoms with Crippen LogP contribution in [0.3, 0.4) is 0 Å². The number of nitrogens with one attached hydrogen (secondary N) is 1. The number of anilines is 1. The number of pyridine rings is 1. The van der Waals surface area contributed by atoms with Gasteiger partial charge in [0.1, 0.15) is 5.82 Å². The van der Waals surface area contributed by atoms with Crippen molar-refractivity contribution in [1.29, 1.82) is 0 Å². The van der Waals surface area contributed by atoms with E-state index in [1.54, 1.807) is 24.1 Å². The summed E-state index contributed by atoms with van der Waals surface area (Å²) in [4.78, 5) is 34.1. The van der Waals surface area contributed by atoms with Crippen LogP contribution >= 0.6 is 11.6 Å². The minimum Gasteiger partial charge on any atom is -0.318 e. The van der Waals surface area contributed by atoms with E-state index in [-0.39, 0.29) is 11.6 Å². The molecule has 7 nitrogen and oxygen atoms in total. The van der Waals surface area contributed by atoms with E-state index < -0.39 is 0 Å². The standard InChI is InChI=1S/C14H14ClN5O2/c1-19-8-17-11-7-20(5-4-10(11)13(19)21)14(22)18-12-3-2-9(15)6-16-12/h2-3,6,8H,4-5,7H2,1H3,(H,16,18,22). The summed E-state index contributed by atoms with van der Waals surface area (Å²) in [7, 11) is 1.67. The number of fused-ring (bicyclic) bond motifs is 1. The number of carbonyl (C=O) groups is 1. The molecule has 0 radical (unpaired) electrons. The molecule has 0 saturated heterocycles. The molecule has 0 aromatic carbocycles. The molecule has 0 spiro atoms. The number of aryl methyl sites for hydroxylation is 1. The second-order valence-electron chi connectivity index (χ2n) is 5.05. The second kappa shape index (κ2) is 5.76. The summed E-state index contributed by atoms with van der Waals surface area (Å²) in [5.41, 5.74) is 1.27. The van der Waals surface area contributed by atoms with Gasteiger partial charge in [0.25, 0.3) is 5.56 Å². The Labute approximate surface area is 131 Å². The van der Waals surface area contributed by atoms with E-state index in [0.29, 0.717) is 41.6 Å². The fourth-order valence-electron chi connectivity index (χ4n) is 2.33. The summed E-state index contributed by atoms with van der Waals surface area (Å²) >= 11 is 5.76. The third-order valence-electron chi connectivity index (χ3n) is 3.54. The first-order valence-corrected chi connectivity index (χ1v) is 7.13. The van der Waals surface area contributed by atoms with Gasteiger partial charge >= 0.3 is 6.03 Å². The van der Waals surface area contributed by atoms with Gasteiger partial charge in [0.05, 0.1) is 23.6 Å². The van der Waals surface area contributed by atoms with E-state index >= 15 is 0 Å². The smallest absolute Gasteiger partial charge is 0.318 e. The third kappa shape index (κ3) is 2.80. The first kappa shape index (κ1) is 14.5. The number of halogens is 1. The molecule has 114 valence electrons. The molecule has 22 heavy (non-hydrogen) atoms. The van der Waals surface area contributed by atoms with Gasteiger partial charge < -0.3 is 9.47 Å². The van der Waals surface area contributed by atoms with Crippen molar-refractivity contribution in [2.75, 3.05) is 11.9 Å². The monoisotopic (exact) mass is 319 g/mol. The number of hydrogen-bond donors (Lipinski definition) is 1. The highest BCUT2D eigenvalue weighted by Crippen LogP contribution is 2.15. The zero-order chi connectivity index (χ0) is 15.7. The molecule has 0 bridgehead atoms. The summed E-state index contributed by atoms with van der Waals surface area (Å²) in [6, 6.07) is 3.01. The summed E-state index contributed by atoms with van der Waals surface area (Å²) in [5.74, 6) is 0.428. The number of amides is 2. The molecular weight excluding hydrogens is 306 g/mol. The fraction of sp³-hybridized carbons (Fsp3) is 0.286. The molecule has 1 aliphatic heterocycles. The fourth-order valence-corrected chi connectivity index (χ4v) is 2.44. The quantitative estimate of drug-likeness (QED) is 0.862. The molecule has 2 aromatic rings. The molecule has 2 amide bonds. The van der Waals surface area contributed by atoms with Gasteiger partial charge in [0.2, 0.25) is 0 Å². The zero-order valence-electron chi connectivity index (χ0n) is 11.9. The van der Waals surface area contributed by atoms with Gasteiger partial charge in [-0.2, -0.15) is 0 Å². The van der Waals surface area contributed by atoms with Crippen LogP contribution in [0.4, 0.5) is 10.6 Å². The van der Waals surface area contributed by atoms with Gasteiger partial charge in [0, 0.05) is 25.4 Å². The molecule has 0 atom stereocenters. The second-order valence-corrected chi connectivity index (χ2v) is 5.49. The van der Waals surface area contributed by atoms with Crippen molar-refractivity contribution < 1.29 is 4.79 Å². The molecule has 1 aliphatic rings. The van der Waals surface area contributed by atoms with Crippen molar-refractivity contribution in [3.8, 4) is 0 Å². The number of nitrogens with zero attached hydrogens (tertiary/aromatic N) is 4. The van der Waals surface area contributed by atoms with Gasteiger partial charge in [-0.1, -0.05) is 11.6 Å². The summed E-state index contributed by atoms with van der Waals surface area (Å²) < 4.78 is 1.45. The average molecular weight is 320 g/mol. The highest BCUT2D eigenvalue weighted by Gasteiger charge is 2.24. The Kier molecular flexibility index (Phi) is 3.81. The van der Waals surface area contributed by atoms with E-state index in [9.17, 15) is 9.59 Å². The SMILES string of the molecule is Cn1cnc2c(c1=O)CCN(C(=O)Nc1ccc(Cl)cn1)C2. The molecule has 3 heterocycles. The van der Waals surface area contributed by atoms with Crippen molar-refractivity contribution in [1.82, 2.24) is 19.4 Å². The average Bonchev–Trinajstić information content (AvgIpc) is 2.53. The van der Waals surface area contributed by atoms with E-state index in [1.807, 2.05) is 0 Å². The lowest BCUT2D eigenvalue weighted by Gasteiger charge is -2.27. The minimum absolute atomic E-state index is 0.0515. The summed E-state index contributed by atoms with van der Waals surface area (Å²) in [6.07, 6.45) is 3.44. The van der Waals surface area contributed by atoms with Crippen molar-refractivity contribution in [2.45, 2.75) is 13.0 Å². The van der Waals surface area contributed by atoms with Crippen molar-refractivity contribution in [3.05, 3.63) is 51.3 Å². The molecule has 8 heteroatoms. The molecule has 3 rings (SSSR count). The maximum atomic E-state index is 12.2. The Morgan fingerprint density at radius 3 is 2.91 bits per heavy atom. The Morgan fingerprint density at radius 2 is 2.18 bits per heavy atom. The van der Waals surface area contributed by atoms with E-state index in [0.717, 1.165) is 0 Å². The van der Waals surface area contributed by atoms with Crippen LogP contribution in [0.15, 0.2) is 29.5 Å². The van der Waals surface area contributed by atoms with Crippen LogP contribution in [-0.4, -0.2) is 32.0 Å². The lowest BCUT2D eigenvalue weighted by molar-refractivity contribution is 0.205. The van der Waals surface area contributed by atoms with Gasteiger partial charge in [-0.15, -0.1) is 0 Å². The molecular formula is C14H14ClN5O2. The first-order chi connectivity index (χ1) is 10.5. The van der Waals surface area contributed by atoms with Gasteiger partial charge in [-0.05, 0) is 18.6 Å². The van der Waals surface area contributed by atoms with Crippen LogP contribution in [0.2, 0.25) is 5.02 Å². The number of aromatic nitrogens is 3. The Bertz CT molecular complexity index is 772. The summed E-state index contributed by atoms with van der Waals surface area (Å²) in [6.45, 7) is 0.776.